The Labute approximate surface area is 182 Å². The zero-order valence-corrected chi connectivity index (χ0v) is 17.5. The Kier molecular flexibility index (Phi) is 6.18. The summed E-state index contributed by atoms with van der Waals surface area (Å²) >= 11 is 1.57. The molecule has 0 radical (unpaired) electrons. The van der Waals surface area contributed by atoms with Gasteiger partial charge in [0, 0.05) is 29.4 Å². The van der Waals surface area contributed by atoms with E-state index in [1.165, 1.54) is 16.8 Å². The quantitative estimate of drug-likeness (QED) is 0.415. The molecule has 0 saturated carbocycles. The zero-order chi connectivity index (χ0) is 21.6. The van der Waals surface area contributed by atoms with E-state index in [0.29, 0.717) is 18.0 Å². The minimum absolute atomic E-state index is 0.0595. The van der Waals surface area contributed by atoms with Crippen molar-refractivity contribution in [3.63, 3.8) is 0 Å². The average Bonchev–Trinajstić information content (AvgIpc) is 3.45. The van der Waals surface area contributed by atoms with Crippen LogP contribution >= 0.6 is 11.3 Å². The second-order valence-corrected chi connectivity index (χ2v) is 7.65. The first-order valence-corrected chi connectivity index (χ1v) is 10.4. The first kappa shape index (κ1) is 20.5. The molecule has 0 aliphatic heterocycles. The van der Waals surface area contributed by atoms with E-state index in [1.807, 2.05) is 36.6 Å². The van der Waals surface area contributed by atoms with Gasteiger partial charge in [0.05, 0.1) is 16.4 Å². The van der Waals surface area contributed by atoms with Gasteiger partial charge in [-0.2, -0.15) is 5.10 Å². The van der Waals surface area contributed by atoms with Crippen molar-refractivity contribution in [3.8, 4) is 11.4 Å². The lowest BCUT2D eigenvalue weighted by molar-refractivity contribution is -0.111. The summed E-state index contributed by atoms with van der Waals surface area (Å²) in [6.45, 7) is 2.28. The molecule has 0 saturated heterocycles. The lowest BCUT2D eigenvalue weighted by Gasteiger charge is -2.11. The van der Waals surface area contributed by atoms with Gasteiger partial charge < -0.3 is 10.1 Å². The van der Waals surface area contributed by atoms with Crippen molar-refractivity contribution in [1.29, 1.82) is 0 Å². The van der Waals surface area contributed by atoms with Crippen LogP contribution in [-0.4, -0.2) is 20.7 Å². The number of anilines is 1. The van der Waals surface area contributed by atoms with Gasteiger partial charge >= 0.3 is 0 Å². The molecule has 1 amide bonds. The number of hydrogen-bond acceptors (Lipinski definition) is 5. The van der Waals surface area contributed by atoms with Crippen LogP contribution in [0.4, 0.5) is 10.1 Å². The van der Waals surface area contributed by atoms with E-state index < -0.39 is 11.7 Å². The summed E-state index contributed by atoms with van der Waals surface area (Å²) in [5.74, 6) is -0.388. The molecule has 31 heavy (non-hydrogen) atoms. The average molecular weight is 434 g/mol. The predicted molar refractivity (Wildman–Crippen MR) is 119 cm³/mol. The van der Waals surface area contributed by atoms with Crippen LogP contribution in [0.2, 0.25) is 0 Å². The topological polar surface area (TPSA) is 69.0 Å². The van der Waals surface area contributed by atoms with Crippen molar-refractivity contribution in [2.45, 2.75) is 13.5 Å². The summed E-state index contributed by atoms with van der Waals surface area (Å²) in [4.78, 5) is 16.9. The number of nitrogens with one attached hydrogen (secondary N) is 1. The van der Waals surface area contributed by atoms with Crippen molar-refractivity contribution < 1.29 is 13.9 Å². The molecule has 0 unspecified atom stereocenters. The maximum absolute atomic E-state index is 14.4. The highest BCUT2D eigenvalue weighted by Crippen LogP contribution is 2.24. The normalized spacial score (nSPS) is 11.0. The van der Waals surface area contributed by atoms with Crippen LogP contribution in [0.3, 0.4) is 0 Å². The SMILES string of the molecule is Cc1nc(COc2ccccc2/C=C/C(=O)Nc2c(F)cccc2-n2cccn2)cs1. The monoisotopic (exact) mass is 434 g/mol. The predicted octanol–water partition coefficient (Wildman–Crippen LogP) is 5.01. The lowest BCUT2D eigenvalue weighted by Crippen LogP contribution is -2.12. The summed E-state index contributed by atoms with van der Waals surface area (Å²) in [6, 6.07) is 13.6. The van der Waals surface area contributed by atoms with Crippen LogP contribution < -0.4 is 10.1 Å². The fourth-order valence-corrected chi connectivity index (χ4v) is 3.54. The highest BCUT2D eigenvalue weighted by atomic mass is 32.1. The van der Waals surface area contributed by atoms with E-state index in [9.17, 15) is 9.18 Å². The summed E-state index contributed by atoms with van der Waals surface area (Å²) in [7, 11) is 0. The molecular formula is C23H19FN4O2S. The molecule has 0 spiro atoms. The first-order chi connectivity index (χ1) is 15.1. The minimum Gasteiger partial charge on any atom is -0.487 e. The van der Waals surface area contributed by atoms with Crippen LogP contribution in [0.25, 0.3) is 11.8 Å². The smallest absolute Gasteiger partial charge is 0.248 e. The van der Waals surface area contributed by atoms with Crippen LogP contribution in [0.1, 0.15) is 16.3 Å². The van der Waals surface area contributed by atoms with Gasteiger partial charge in [0.1, 0.15) is 23.9 Å². The van der Waals surface area contributed by atoms with E-state index in [-0.39, 0.29) is 5.69 Å². The molecule has 4 aromatic rings. The molecule has 2 aromatic carbocycles. The third-order valence-corrected chi connectivity index (χ3v) is 5.19. The van der Waals surface area contributed by atoms with Crippen LogP contribution in [0.5, 0.6) is 5.75 Å². The number of para-hydroxylation sites is 2. The Balaban J connectivity index is 1.48. The molecule has 8 heteroatoms. The van der Waals surface area contributed by atoms with Crippen molar-refractivity contribution in [1.82, 2.24) is 14.8 Å². The molecule has 2 heterocycles. The number of ether oxygens (including phenoxy) is 1. The second kappa shape index (κ2) is 9.36. The van der Waals surface area contributed by atoms with E-state index in [1.54, 1.807) is 48.0 Å². The number of carbonyl (C=O) groups excluding carboxylic acids is 1. The van der Waals surface area contributed by atoms with Gasteiger partial charge in [-0.25, -0.2) is 14.1 Å². The number of amides is 1. The van der Waals surface area contributed by atoms with Gasteiger partial charge in [0.2, 0.25) is 5.91 Å². The summed E-state index contributed by atoms with van der Waals surface area (Å²) in [5, 5.41) is 9.64. The number of hydrogen-bond donors (Lipinski definition) is 1. The molecule has 1 N–H and O–H groups in total. The van der Waals surface area contributed by atoms with Crippen LogP contribution in [0.15, 0.2) is 72.4 Å². The zero-order valence-electron chi connectivity index (χ0n) is 16.7. The largest absolute Gasteiger partial charge is 0.487 e. The number of aromatic nitrogens is 3. The molecule has 0 bridgehead atoms. The van der Waals surface area contributed by atoms with Crippen molar-refractivity contribution in [2.24, 2.45) is 0 Å². The number of rotatable bonds is 7. The minimum atomic E-state index is -0.544. The molecule has 0 aliphatic carbocycles. The maximum atomic E-state index is 14.4. The molecule has 0 aliphatic rings. The van der Waals surface area contributed by atoms with Gasteiger partial charge in [-0.3, -0.25) is 4.79 Å². The maximum Gasteiger partial charge on any atom is 0.248 e. The van der Waals surface area contributed by atoms with E-state index in [0.717, 1.165) is 16.3 Å². The number of aryl methyl sites for hydroxylation is 1. The van der Waals surface area contributed by atoms with E-state index >= 15 is 0 Å². The molecule has 6 nitrogen and oxygen atoms in total. The Hall–Kier alpha value is -3.78. The molecular weight excluding hydrogens is 415 g/mol. The lowest BCUT2D eigenvalue weighted by atomic mass is 10.2. The Morgan fingerprint density at radius 3 is 2.87 bits per heavy atom. The van der Waals surface area contributed by atoms with Gasteiger partial charge in [-0.1, -0.05) is 24.3 Å². The summed E-state index contributed by atoms with van der Waals surface area (Å²) in [5.41, 5.74) is 2.08. The Morgan fingerprint density at radius 2 is 2.10 bits per heavy atom. The van der Waals surface area contributed by atoms with Crippen LogP contribution in [-0.2, 0) is 11.4 Å². The molecule has 2 aromatic heterocycles. The van der Waals surface area contributed by atoms with Gasteiger partial charge in [-0.15, -0.1) is 11.3 Å². The Bertz CT molecular complexity index is 1220. The molecule has 4 rings (SSSR count). The first-order valence-electron chi connectivity index (χ1n) is 9.50. The highest BCUT2D eigenvalue weighted by Gasteiger charge is 2.12. The fraction of sp³-hybridized carbons (Fsp3) is 0.0870. The van der Waals surface area contributed by atoms with Gasteiger partial charge in [0.15, 0.2) is 0 Å². The third-order valence-electron chi connectivity index (χ3n) is 4.37. The number of halogens is 1. The molecule has 0 atom stereocenters. The number of nitrogens with zero attached hydrogens (tertiary/aromatic N) is 3. The van der Waals surface area contributed by atoms with E-state index in [2.05, 4.69) is 15.4 Å². The fourth-order valence-electron chi connectivity index (χ4n) is 2.94. The third kappa shape index (κ3) is 5.04. The van der Waals surface area contributed by atoms with Crippen molar-refractivity contribution in [3.05, 3.63) is 94.5 Å². The number of benzene rings is 2. The molecule has 0 fully saturated rings. The van der Waals surface area contributed by atoms with Crippen molar-refractivity contribution >= 4 is 29.0 Å². The van der Waals surface area contributed by atoms with Gasteiger partial charge in [-0.05, 0) is 37.3 Å². The highest BCUT2D eigenvalue weighted by molar-refractivity contribution is 7.09. The van der Waals surface area contributed by atoms with Crippen LogP contribution in [0, 0.1) is 12.7 Å². The number of carbonyl (C=O) groups is 1. The second-order valence-electron chi connectivity index (χ2n) is 6.59. The van der Waals surface area contributed by atoms with Gasteiger partial charge in [0.25, 0.3) is 0 Å². The molecule has 156 valence electrons. The number of thiazole rings is 1. The van der Waals surface area contributed by atoms with E-state index in [4.69, 9.17) is 4.74 Å². The van der Waals surface area contributed by atoms with Crippen molar-refractivity contribution in [2.75, 3.05) is 5.32 Å². The summed E-state index contributed by atoms with van der Waals surface area (Å²) in [6.07, 6.45) is 6.23. The Morgan fingerprint density at radius 1 is 1.23 bits per heavy atom. The standard InChI is InChI=1S/C23H19FN4O2S/c1-16-26-18(15-31-16)14-30-21-9-3-2-6-17(21)10-11-22(29)27-23-19(24)7-4-8-20(23)28-13-5-12-25-28/h2-13,15H,14H2,1H3,(H,27,29)/b11-10+. The summed E-state index contributed by atoms with van der Waals surface area (Å²) < 4.78 is 21.7.